The van der Waals surface area contributed by atoms with Gasteiger partial charge in [0, 0.05) is 24.4 Å². The number of likely N-dealkylation sites (tertiary alicyclic amines) is 1. The molecule has 0 spiro atoms. The lowest BCUT2D eigenvalue weighted by Gasteiger charge is -2.42. The summed E-state index contributed by atoms with van der Waals surface area (Å²) < 4.78 is 1.76. The van der Waals surface area contributed by atoms with E-state index in [2.05, 4.69) is 32.2 Å². The fraction of sp³-hybridized carbons (Fsp3) is 0.778. The molecule has 9 nitrogen and oxygen atoms in total. The van der Waals surface area contributed by atoms with Crippen LogP contribution < -0.4 is 5.32 Å². The van der Waals surface area contributed by atoms with Crippen molar-refractivity contribution in [2.45, 2.75) is 51.7 Å². The first-order valence-electron chi connectivity index (χ1n) is 9.64. The van der Waals surface area contributed by atoms with Crippen LogP contribution in [0.2, 0.25) is 0 Å². The fourth-order valence-corrected chi connectivity index (χ4v) is 3.95. The number of likely N-dealkylation sites (N-methyl/N-ethyl adjacent to an activating group) is 1. The van der Waals surface area contributed by atoms with Crippen molar-refractivity contribution in [3.05, 3.63) is 5.82 Å². The van der Waals surface area contributed by atoms with Gasteiger partial charge in [0.25, 0.3) is 0 Å². The van der Waals surface area contributed by atoms with Gasteiger partial charge in [-0.3, -0.25) is 19.8 Å². The van der Waals surface area contributed by atoms with Gasteiger partial charge in [-0.05, 0) is 40.0 Å². The molecule has 2 atom stereocenters. The number of aliphatic carboxylic acids is 1. The van der Waals surface area contributed by atoms with Gasteiger partial charge in [0.2, 0.25) is 11.9 Å². The van der Waals surface area contributed by atoms with E-state index in [-0.39, 0.29) is 23.8 Å². The number of anilines is 1. The maximum absolute atomic E-state index is 11.9. The molecule has 3 rings (SSSR count). The van der Waals surface area contributed by atoms with Gasteiger partial charge in [0.05, 0.1) is 12.5 Å². The fourth-order valence-electron chi connectivity index (χ4n) is 3.95. The predicted octanol–water partition coefficient (Wildman–Crippen LogP) is 0.524. The number of fused-ring (bicyclic) bond motifs is 1. The molecule has 0 saturated carbocycles. The first-order chi connectivity index (χ1) is 12.8. The van der Waals surface area contributed by atoms with Crippen LogP contribution in [0.25, 0.3) is 0 Å². The third kappa shape index (κ3) is 4.30. The van der Waals surface area contributed by atoms with Crippen molar-refractivity contribution in [3.63, 3.8) is 0 Å². The molecule has 0 bridgehead atoms. The number of carboxylic acids is 1. The minimum absolute atomic E-state index is 0.140. The molecule has 0 aromatic carbocycles. The predicted molar refractivity (Wildman–Crippen MR) is 100 cm³/mol. The van der Waals surface area contributed by atoms with Gasteiger partial charge in [-0.15, -0.1) is 5.10 Å². The molecule has 0 aliphatic carbocycles. The number of carbonyl (C=O) groups is 2. The highest BCUT2D eigenvalue weighted by Crippen LogP contribution is 2.28. The Morgan fingerprint density at radius 3 is 2.56 bits per heavy atom. The summed E-state index contributed by atoms with van der Waals surface area (Å²) in [6.07, 6.45) is 2.40. The molecule has 1 aromatic heterocycles. The third-order valence-electron chi connectivity index (χ3n) is 5.84. The number of hydrogen-bond acceptors (Lipinski definition) is 6. The van der Waals surface area contributed by atoms with Crippen molar-refractivity contribution in [3.8, 4) is 0 Å². The summed E-state index contributed by atoms with van der Waals surface area (Å²) in [4.78, 5) is 32.7. The summed E-state index contributed by atoms with van der Waals surface area (Å²) in [5.74, 6) is -0.764. The molecular weight excluding hydrogens is 348 g/mol. The normalized spacial score (nSPS) is 24.2. The summed E-state index contributed by atoms with van der Waals surface area (Å²) in [6.45, 7) is 6.13. The Labute approximate surface area is 159 Å². The molecule has 1 fully saturated rings. The Bertz CT molecular complexity index is 695. The second kappa shape index (κ2) is 7.93. The van der Waals surface area contributed by atoms with Gasteiger partial charge >= 0.3 is 5.97 Å². The molecule has 2 aliphatic rings. The lowest BCUT2D eigenvalue weighted by Crippen LogP contribution is -2.54. The Balaban J connectivity index is 1.77. The standard InChI is InChI=1S/C18H30N6O3/c1-11(2)16(25)20-18-19-15-9-13(17(26)27)14(10-24(15)21-18)23(4)12-5-7-22(3)8-6-12/h11-14H,5-10H2,1-4H3,(H,26,27)(H,20,21,25). The lowest BCUT2D eigenvalue weighted by atomic mass is 9.89. The van der Waals surface area contributed by atoms with Crippen molar-refractivity contribution in [1.29, 1.82) is 0 Å². The lowest BCUT2D eigenvalue weighted by molar-refractivity contribution is -0.145. The Morgan fingerprint density at radius 1 is 1.30 bits per heavy atom. The molecule has 3 heterocycles. The monoisotopic (exact) mass is 378 g/mol. The summed E-state index contributed by atoms with van der Waals surface area (Å²) in [5, 5.41) is 16.9. The Morgan fingerprint density at radius 2 is 1.96 bits per heavy atom. The van der Waals surface area contributed by atoms with Crippen LogP contribution in [0.15, 0.2) is 0 Å². The average molecular weight is 378 g/mol. The topological polar surface area (TPSA) is 104 Å². The van der Waals surface area contributed by atoms with E-state index in [1.165, 1.54) is 0 Å². The van der Waals surface area contributed by atoms with Gasteiger partial charge in [0.15, 0.2) is 0 Å². The summed E-state index contributed by atoms with van der Waals surface area (Å²) in [6, 6.07) is 0.233. The number of hydrogen-bond donors (Lipinski definition) is 2. The molecule has 1 saturated heterocycles. The van der Waals surface area contributed by atoms with E-state index >= 15 is 0 Å². The number of rotatable bonds is 5. The zero-order valence-corrected chi connectivity index (χ0v) is 16.6. The molecule has 2 aliphatic heterocycles. The highest BCUT2D eigenvalue weighted by atomic mass is 16.4. The number of carbonyl (C=O) groups excluding carboxylic acids is 1. The van der Waals surface area contributed by atoms with E-state index in [1.54, 1.807) is 18.5 Å². The van der Waals surface area contributed by atoms with Gasteiger partial charge in [0.1, 0.15) is 5.82 Å². The highest BCUT2D eigenvalue weighted by Gasteiger charge is 2.40. The molecule has 150 valence electrons. The van der Waals surface area contributed by atoms with Crippen LogP contribution in [0.1, 0.15) is 32.5 Å². The van der Waals surface area contributed by atoms with Crippen molar-refractivity contribution in [2.75, 3.05) is 32.5 Å². The number of nitrogens with one attached hydrogen (secondary N) is 1. The minimum Gasteiger partial charge on any atom is -0.481 e. The van der Waals surface area contributed by atoms with Crippen LogP contribution >= 0.6 is 0 Å². The number of amides is 1. The van der Waals surface area contributed by atoms with E-state index in [4.69, 9.17) is 0 Å². The summed E-state index contributed by atoms with van der Waals surface area (Å²) >= 11 is 0. The van der Waals surface area contributed by atoms with E-state index in [0.29, 0.717) is 24.8 Å². The van der Waals surface area contributed by atoms with Crippen LogP contribution in [-0.2, 0) is 22.6 Å². The first kappa shape index (κ1) is 19.8. The quantitative estimate of drug-likeness (QED) is 0.770. The Kier molecular flexibility index (Phi) is 5.81. The van der Waals surface area contributed by atoms with Crippen LogP contribution in [0, 0.1) is 11.8 Å². The molecular formula is C18H30N6O3. The average Bonchev–Trinajstić information content (AvgIpc) is 3.01. The molecule has 2 N–H and O–H groups in total. The number of carboxylic acid groups (broad SMARTS) is 1. The van der Waals surface area contributed by atoms with Crippen LogP contribution in [0.5, 0.6) is 0 Å². The van der Waals surface area contributed by atoms with Gasteiger partial charge < -0.3 is 10.0 Å². The number of nitrogens with zero attached hydrogens (tertiary/aromatic N) is 5. The van der Waals surface area contributed by atoms with Gasteiger partial charge in [-0.1, -0.05) is 13.8 Å². The van der Waals surface area contributed by atoms with E-state index < -0.39 is 11.9 Å². The highest BCUT2D eigenvalue weighted by molar-refractivity contribution is 5.90. The van der Waals surface area contributed by atoms with Crippen molar-refractivity contribution in [1.82, 2.24) is 24.6 Å². The molecule has 2 unspecified atom stereocenters. The second-order valence-corrected chi connectivity index (χ2v) is 8.09. The zero-order valence-electron chi connectivity index (χ0n) is 16.6. The largest absolute Gasteiger partial charge is 0.481 e. The van der Waals surface area contributed by atoms with Gasteiger partial charge in [-0.25, -0.2) is 4.68 Å². The maximum atomic E-state index is 11.9. The SMILES string of the molecule is CC(C)C(=O)Nc1nc2n(n1)CC(N(C)C1CCN(C)CC1)C(C(=O)O)C2. The number of aromatic nitrogens is 3. The van der Waals surface area contributed by atoms with Crippen LogP contribution in [0.3, 0.4) is 0 Å². The van der Waals surface area contributed by atoms with Crippen molar-refractivity contribution < 1.29 is 14.7 Å². The molecule has 9 heteroatoms. The minimum atomic E-state index is -0.804. The first-order valence-corrected chi connectivity index (χ1v) is 9.64. The van der Waals surface area contributed by atoms with Gasteiger partial charge in [-0.2, -0.15) is 4.98 Å². The molecule has 1 amide bonds. The van der Waals surface area contributed by atoms with E-state index in [9.17, 15) is 14.7 Å². The summed E-state index contributed by atoms with van der Waals surface area (Å²) in [7, 11) is 4.14. The maximum Gasteiger partial charge on any atom is 0.308 e. The molecule has 0 radical (unpaired) electrons. The van der Waals surface area contributed by atoms with Crippen LogP contribution in [0.4, 0.5) is 5.95 Å². The van der Waals surface area contributed by atoms with Crippen molar-refractivity contribution in [2.24, 2.45) is 11.8 Å². The Hall–Kier alpha value is -2.00. The molecule has 27 heavy (non-hydrogen) atoms. The second-order valence-electron chi connectivity index (χ2n) is 8.09. The van der Waals surface area contributed by atoms with E-state index in [1.807, 2.05) is 7.05 Å². The van der Waals surface area contributed by atoms with Crippen molar-refractivity contribution >= 4 is 17.8 Å². The third-order valence-corrected chi connectivity index (χ3v) is 5.84. The van der Waals surface area contributed by atoms with Crippen LogP contribution in [-0.4, -0.2) is 80.8 Å². The van der Waals surface area contributed by atoms with E-state index in [0.717, 1.165) is 25.9 Å². The zero-order chi connectivity index (χ0) is 19.7. The molecule has 1 aromatic rings. The number of piperidine rings is 1. The smallest absolute Gasteiger partial charge is 0.308 e. The summed E-state index contributed by atoms with van der Waals surface area (Å²) in [5.41, 5.74) is 0.